The summed E-state index contributed by atoms with van der Waals surface area (Å²) in [5, 5.41) is 13.9. The molecule has 1 aromatic heterocycles. The fourth-order valence-corrected chi connectivity index (χ4v) is 6.80. The van der Waals surface area contributed by atoms with E-state index in [9.17, 15) is 14.7 Å². The maximum atomic E-state index is 15.7. The molecule has 4 atom stereocenters. The van der Waals surface area contributed by atoms with Crippen molar-refractivity contribution in [2.75, 3.05) is 31.6 Å². The third-order valence-electron chi connectivity index (χ3n) is 8.37. The standard InChI is InChI=1S/C27H31FN4O4S/c1-14-12-30(7-8-31(14)27(37)29-21-10-15-3-4-16(21)9-15)23-20(28)11-18-22(25(23)36-2)32(17-5-6-17)13-19(24(18)33)26(34)35/h3-4,11,13-17,21H,5-10,12H2,1-2H3,(H,29,37)(H,34,35)/t14-,15-,16+,21+/m0/s1. The van der Waals surface area contributed by atoms with E-state index in [1.807, 2.05) is 4.90 Å². The van der Waals surface area contributed by atoms with Gasteiger partial charge < -0.3 is 29.5 Å². The Morgan fingerprint density at radius 3 is 2.62 bits per heavy atom. The lowest BCUT2D eigenvalue weighted by molar-refractivity contribution is 0.0694. The third-order valence-corrected chi connectivity index (χ3v) is 8.72. The lowest BCUT2D eigenvalue weighted by atomic mass is 10.0. The van der Waals surface area contributed by atoms with Crippen LogP contribution in [0.4, 0.5) is 10.1 Å². The molecule has 6 rings (SSSR count). The number of carboxylic acids is 1. The summed E-state index contributed by atoms with van der Waals surface area (Å²) >= 11 is 5.78. The molecule has 37 heavy (non-hydrogen) atoms. The van der Waals surface area contributed by atoms with Crippen molar-refractivity contribution in [3.05, 3.63) is 46.0 Å². The minimum atomic E-state index is -1.32. The smallest absolute Gasteiger partial charge is 0.341 e. The van der Waals surface area contributed by atoms with E-state index in [0.29, 0.717) is 48.7 Å². The Balaban J connectivity index is 1.31. The minimum Gasteiger partial charge on any atom is -0.492 e. The molecule has 2 aromatic rings. The van der Waals surface area contributed by atoms with Gasteiger partial charge in [0, 0.05) is 44.0 Å². The van der Waals surface area contributed by atoms with Gasteiger partial charge in [-0.3, -0.25) is 4.79 Å². The molecular formula is C27H31FN4O4S. The molecular weight excluding hydrogens is 495 g/mol. The number of nitrogens with zero attached hydrogens (tertiary/aromatic N) is 3. The number of ether oxygens (including phenoxy) is 1. The first kappa shape index (κ1) is 24.2. The first-order chi connectivity index (χ1) is 17.8. The van der Waals surface area contributed by atoms with Crippen LogP contribution in [0.25, 0.3) is 10.9 Å². The quantitative estimate of drug-likeness (QED) is 0.452. The summed E-state index contributed by atoms with van der Waals surface area (Å²) in [6, 6.07) is 1.64. The zero-order chi connectivity index (χ0) is 26.0. The van der Waals surface area contributed by atoms with Crippen LogP contribution in [-0.4, -0.2) is 64.5 Å². The van der Waals surface area contributed by atoms with Crippen molar-refractivity contribution in [1.29, 1.82) is 0 Å². The van der Waals surface area contributed by atoms with Gasteiger partial charge in [-0.1, -0.05) is 12.2 Å². The van der Waals surface area contributed by atoms with E-state index in [4.69, 9.17) is 17.0 Å². The number of fused-ring (bicyclic) bond motifs is 3. The van der Waals surface area contributed by atoms with Crippen molar-refractivity contribution in [3.8, 4) is 5.75 Å². The number of hydrogen-bond acceptors (Lipinski definition) is 5. The zero-order valence-corrected chi connectivity index (χ0v) is 21.8. The van der Waals surface area contributed by atoms with Gasteiger partial charge in [0.2, 0.25) is 5.43 Å². The number of aromatic carboxylic acids is 1. The fraction of sp³-hybridized carbons (Fsp3) is 0.519. The summed E-state index contributed by atoms with van der Waals surface area (Å²) in [6.07, 6.45) is 10.0. The Morgan fingerprint density at radius 1 is 1.24 bits per heavy atom. The van der Waals surface area contributed by atoms with Crippen LogP contribution in [-0.2, 0) is 0 Å². The van der Waals surface area contributed by atoms with Crippen molar-refractivity contribution in [2.24, 2.45) is 11.8 Å². The van der Waals surface area contributed by atoms with Gasteiger partial charge in [0.05, 0.1) is 18.0 Å². The number of rotatable bonds is 5. The highest BCUT2D eigenvalue weighted by molar-refractivity contribution is 7.80. The van der Waals surface area contributed by atoms with E-state index in [-0.39, 0.29) is 28.8 Å². The summed E-state index contributed by atoms with van der Waals surface area (Å²) in [6.45, 7) is 3.75. The number of halogens is 1. The second-order valence-electron chi connectivity index (χ2n) is 10.8. The monoisotopic (exact) mass is 526 g/mol. The van der Waals surface area contributed by atoms with Crippen molar-refractivity contribution in [3.63, 3.8) is 0 Å². The number of carboxylic acid groups (broad SMARTS) is 1. The molecule has 3 aliphatic carbocycles. The number of methoxy groups -OCH3 is 1. The van der Waals surface area contributed by atoms with Crippen molar-refractivity contribution in [2.45, 2.75) is 50.7 Å². The molecule has 2 N–H and O–H groups in total. The van der Waals surface area contributed by atoms with Crippen LogP contribution in [0.15, 0.2) is 29.2 Å². The number of hydrogen-bond donors (Lipinski definition) is 2. The summed E-state index contributed by atoms with van der Waals surface area (Å²) in [5.74, 6) is -0.447. The highest BCUT2D eigenvalue weighted by Gasteiger charge is 2.38. The van der Waals surface area contributed by atoms with Gasteiger partial charge in [0.25, 0.3) is 0 Å². The van der Waals surface area contributed by atoms with Gasteiger partial charge in [-0.2, -0.15) is 0 Å². The summed E-state index contributed by atoms with van der Waals surface area (Å²) < 4.78 is 23.2. The summed E-state index contributed by atoms with van der Waals surface area (Å²) in [5.41, 5.74) is -0.306. The Bertz CT molecular complexity index is 1390. The highest BCUT2D eigenvalue weighted by Crippen LogP contribution is 2.44. The lowest BCUT2D eigenvalue weighted by Gasteiger charge is -2.43. The van der Waals surface area contributed by atoms with Crippen LogP contribution in [0, 0.1) is 17.7 Å². The number of aromatic nitrogens is 1. The van der Waals surface area contributed by atoms with E-state index < -0.39 is 17.2 Å². The van der Waals surface area contributed by atoms with Gasteiger partial charge in [-0.05, 0) is 62.7 Å². The van der Waals surface area contributed by atoms with E-state index in [1.165, 1.54) is 25.8 Å². The predicted molar refractivity (Wildman–Crippen MR) is 143 cm³/mol. The first-order valence-electron chi connectivity index (χ1n) is 13.0. The van der Waals surface area contributed by atoms with Crippen LogP contribution in [0.5, 0.6) is 5.75 Å². The first-order valence-corrected chi connectivity index (χ1v) is 13.4. The topological polar surface area (TPSA) is 87.0 Å². The molecule has 0 unspecified atom stereocenters. The number of benzene rings is 1. The van der Waals surface area contributed by atoms with Crippen LogP contribution in [0.1, 0.15) is 49.0 Å². The SMILES string of the molecule is COc1c(N2CCN(C(=S)N[C@@H]3C[C@H]4C=C[C@@H]3C4)[C@@H](C)C2)c(F)cc2c(=O)c(C(=O)O)cn(C3CC3)c12. The number of nitrogens with one attached hydrogen (secondary N) is 1. The number of anilines is 1. The molecule has 1 aliphatic heterocycles. The molecule has 4 aliphatic rings. The molecule has 3 fully saturated rings. The maximum Gasteiger partial charge on any atom is 0.341 e. The summed E-state index contributed by atoms with van der Waals surface area (Å²) in [7, 11) is 1.47. The van der Waals surface area contributed by atoms with Gasteiger partial charge in [0.15, 0.2) is 16.7 Å². The van der Waals surface area contributed by atoms with Crippen molar-refractivity contribution >= 4 is 39.9 Å². The third kappa shape index (κ3) is 4.05. The Kier molecular flexibility index (Phi) is 5.89. The van der Waals surface area contributed by atoms with Crippen LogP contribution < -0.4 is 20.4 Å². The number of thiocarbonyl (C=S) groups is 1. The molecule has 10 heteroatoms. The van der Waals surface area contributed by atoms with Crippen LogP contribution in [0.3, 0.4) is 0 Å². The molecule has 2 bridgehead atoms. The van der Waals surface area contributed by atoms with Gasteiger partial charge >= 0.3 is 5.97 Å². The van der Waals surface area contributed by atoms with Gasteiger partial charge in [0.1, 0.15) is 11.3 Å². The Morgan fingerprint density at radius 2 is 2.03 bits per heavy atom. The zero-order valence-electron chi connectivity index (χ0n) is 20.9. The van der Waals surface area contributed by atoms with Crippen molar-refractivity contribution < 1.29 is 19.0 Å². The van der Waals surface area contributed by atoms with E-state index in [0.717, 1.165) is 24.4 Å². The average Bonchev–Trinajstić information content (AvgIpc) is 3.50. The van der Waals surface area contributed by atoms with E-state index in [1.54, 1.807) is 4.57 Å². The number of pyridine rings is 1. The lowest BCUT2D eigenvalue weighted by Crippen LogP contribution is -2.58. The minimum absolute atomic E-state index is 0.0295. The van der Waals surface area contributed by atoms with Gasteiger partial charge in [-0.25, -0.2) is 9.18 Å². The molecule has 0 amide bonds. The largest absolute Gasteiger partial charge is 0.492 e. The van der Waals surface area contributed by atoms with Gasteiger partial charge in [-0.15, -0.1) is 0 Å². The van der Waals surface area contributed by atoms with Crippen LogP contribution >= 0.6 is 12.2 Å². The van der Waals surface area contributed by atoms with Crippen molar-refractivity contribution in [1.82, 2.24) is 14.8 Å². The van der Waals surface area contributed by atoms with E-state index in [2.05, 4.69) is 29.3 Å². The predicted octanol–water partition coefficient (Wildman–Crippen LogP) is 3.53. The van der Waals surface area contributed by atoms with E-state index >= 15 is 4.39 Å². The molecule has 2 heterocycles. The maximum absolute atomic E-state index is 15.7. The molecule has 1 aromatic carbocycles. The molecule has 1 saturated heterocycles. The Labute approximate surface area is 219 Å². The number of piperazine rings is 1. The Hall–Kier alpha value is -3.14. The summed E-state index contributed by atoms with van der Waals surface area (Å²) in [4.78, 5) is 28.8. The number of allylic oxidation sites excluding steroid dienone is 1. The highest BCUT2D eigenvalue weighted by atomic mass is 32.1. The normalized spacial score (nSPS) is 26.7. The molecule has 0 spiro atoms. The molecule has 0 radical (unpaired) electrons. The molecule has 2 saturated carbocycles. The average molecular weight is 527 g/mol. The number of carbonyl (C=O) groups is 1. The second kappa shape index (κ2) is 9.01. The molecule has 8 nitrogen and oxygen atoms in total. The fourth-order valence-electron chi connectivity index (χ4n) is 6.37. The second-order valence-corrected chi connectivity index (χ2v) is 11.2. The molecule has 196 valence electrons. The van der Waals surface area contributed by atoms with Crippen LogP contribution in [0.2, 0.25) is 0 Å².